The molecule has 1 saturated heterocycles. The van der Waals surface area contributed by atoms with Gasteiger partial charge in [0.05, 0.1) is 33.4 Å². The van der Waals surface area contributed by atoms with Gasteiger partial charge in [-0.3, -0.25) is 24.6 Å². The number of hydrogen-bond acceptors (Lipinski definition) is 9. The van der Waals surface area contributed by atoms with Crippen molar-refractivity contribution in [2.45, 2.75) is 32.4 Å². The van der Waals surface area contributed by atoms with Crippen molar-refractivity contribution >= 4 is 49.8 Å². The van der Waals surface area contributed by atoms with Crippen LogP contribution < -0.4 is 14.4 Å². The van der Waals surface area contributed by atoms with Crippen LogP contribution in [-0.4, -0.2) is 39.4 Å². The zero-order valence-corrected chi connectivity index (χ0v) is 22.3. The smallest absolute Gasteiger partial charge is 0.301 e. The number of nitro groups is 1. The molecular weight excluding hydrogens is 534 g/mol. The van der Waals surface area contributed by atoms with Crippen LogP contribution in [0.1, 0.15) is 36.6 Å². The highest BCUT2D eigenvalue weighted by molar-refractivity contribution is 7.22. The average Bonchev–Trinajstić information content (AvgIpc) is 3.60. The Hall–Kier alpha value is -4.77. The number of amides is 1. The van der Waals surface area contributed by atoms with Gasteiger partial charge in [0.15, 0.2) is 5.13 Å². The lowest BCUT2D eigenvalue weighted by Crippen LogP contribution is -2.29. The molecule has 3 aromatic carbocycles. The first kappa shape index (κ1) is 25.5. The van der Waals surface area contributed by atoms with E-state index in [1.807, 2.05) is 19.9 Å². The molecule has 0 spiro atoms. The van der Waals surface area contributed by atoms with E-state index in [0.29, 0.717) is 41.2 Å². The molecule has 2 aliphatic rings. The molecule has 4 aromatic rings. The molecule has 1 N–H and O–H groups in total. The molecule has 0 unspecified atom stereocenters. The lowest BCUT2D eigenvalue weighted by molar-refractivity contribution is -0.384. The van der Waals surface area contributed by atoms with Crippen molar-refractivity contribution in [3.8, 4) is 11.5 Å². The second kappa shape index (κ2) is 9.76. The van der Waals surface area contributed by atoms with Gasteiger partial charge in [-0.2, -0.15) is 0 Å². The van der Waals surface area contributed by atoms with E-state index < -0.39 is 22.7 Å². The highest BCUT2D eigenvalue weighted by Crippen LogP contribution is 2.45. The molecule has 0 aliphatic carbocycles. The molecule has 10 nitrogen and oxygen atoms in total. The van der Waals surface area contributed by atoms with Crippen molar-refractivity contribution in [3.63, 3.8) is 0 Å². The number of thiazole rings is 1. The van der Waals surface area contributed by atoms with E-state index in [2.05, 4.69) is 4.98 Å². The topological polar surface area (TPSA) is 132 Å². The quantitative estimate of drug-likeness (QED) is 0.107. The minimum atomic E-state index is -1.06. The number of Topliss-reactive ketones (excluding diaryl/α,β-unsaturated/α-hetero) is 1. The lowest BCUT2D eigenvalue weighted by Gasteiger charge is -2.23. The Balaban J connectivity index is 1.51. The number of carbonyl (C=O) groups is 2. The number of carbonyl (C=O) groups excluding carboxylic acids is 2. The third kappa shape index (κ3) is 4.24. The second-order valence-corrected chi connectivity index (χ2v) is 10.5. The van der Waals surface area contributed by atoms with Gasteiger partial charge in [0.25, 0.3) is 11.5 Å². The van der Waals surface area contributed by atoms with Crippen LogP contribution in [0.2, 0.25) is 0 Å². The third-order valence-electron chi connectivity index (χ3n) is 6.90. The molecule has 40 heavy (non-hydrogen) atoms. The molecular formula is C29H23N3O7S. The zero-order valence-electron chi connectivity index (χ0n) is 21.5. The van der Waals surface area contributed by atoms with Gasteiger partial charge >= 0.3 is 5.91 Å². The molecule has 11 heteroatoms. The number of non-ortho nitro benzene ring substituents is 1. The first-order valence-corrected chi connectivity index (χ1v) is 13.5. The van der Waals surface area contributed by atoms with Crippen LogP contribution in [0.15, 0.2) is 66.2 Å². The van der Waals surface area contributed by atoms with Gasteiger partial charge < -0.3 is 14.6 Å². The van der Waals surface area contributed by atoms with Crippen LogP contribution in [0.4, 0.5) is 10.8 Å². The lowest BCUT2D eigenvalue weighted by atomic mass is 9.94. The largest absolute Gasteiger partial charge is 0.507 e. The molecule has 1 aromatic heterocycles. The number of fused-ring (bicyclic) bond motifs is 2. The summed E-state index contributed by atoms with van der Waals surface area (Å²) in [5.74, 6) is -0.718. The summed E-state index contributed by atoms with van der Waals surface area (Å²) in [5.41, 5.74) is 2.01. The third-order valence-corrected chi connectivity index (χ3v) is 7.92. The first-order chi connectivity index (χ1) is 19.2. The van der Waals surface area contributed by atoms with E-state index >= 15 is 0 Å². The van der Waals surface area contributed by atoms with E-state index in [1.165, 1.54) is 40.5 Å². The molecule has 3 heterocycles. The van der Waals surface area contributed by atoms with E-state index in [0.717, 1.165) is 10.3 Å². The SMILES string of the molecule is CCOc1ccc2nc(N3C(=O)C(=O)/C(=C(/O)c4ccc5c(c4)C[C@@H](C)O5)[C@H]3c3ccc([N+](=O)[O-])cc3)sc2c1. The monoisotopic (exact) mass is 557 g/mol. The van der Waals surface area contributed by atoms with Crippen molar-refractivity contribution in [2.24, 2.45) is 0 Å². The maximum atomic E-state index is 13.5. The Labute approximate surface area is 232 Å². The fraction of sp³-hybridized carbons (Fsp3) is 0.207. The van der Waals surface area contributed by atoms with Crippen molar-refractivity contribution in [1.29, 1.82) is 0 Å². The summed E-state index contributed by atoms with van der Waals surface area (Å²) in [5, 5.41) is 23.0. The van der Waals surface area contributed by atoms with Crippen LogP contribution in [0.3, 0.4) is 0 Å². The number of ketones is 1. The highest BCUT2D eigenvalue weighted by atomic mass is 32.1. The van der Waals surface area contributed by atoms with E-state index in [4.69, 9.17) is 9.47 Å². The normalized spacial score (nSPS) is 19.6. The number of nitro benzene ring substituents is 1. The van der Waals surface area contributed by atoms with Crippen LogP contribution in [0.25, 0.3) is 16.0 Å². The van der Waals surface area contributed by atoms with Crippen LogP contribution in [0.5, 0.6) is 11.5 Å². The molecule has 1 amide bonds. The number of aromatic nitrogens is 1. The molecule has 0 bridgehead atoms. The Morgan fingerprint density at radius 1 is 1.18 bits per heavy atom. The number of ether oxygens (including phenoxy) is 2. The summed E-state index contributed by atoms with van der Waals surface area (Å²) < 4.78 is 12.1. The van der Waals surface area contributed by atoms with Crippen LogP contribution >= 0.6 is 11.3 Å². The zero-order chi connectivity index (χ0) is 28.1. The van der Waals surface area contributed by atoms with Gasteiger partial charge in [-0.25, -0.2) is 4.98 Å². The summed E-state index contributed by atoms with van der Waals surface area (Å²) in [4.78, 5) is 43.7. The molecule has 0 saturated carbocycles. The molecule has 0 radical (unpaired) electrons. The van der Waals surface area contributed by atoms with Gasteiger partial charge in [0.2, 0.25) is 0 Å². The summed E-state index contributed by atoms with van der Waals surface area (Å²) in [6, 6.07) is 15.0. The van der Waals surface area contributed by atoms with E-state index in [9.17, 15) is 24.8 Å². The molecule has 2 atom stereocenters. The van der Waals surface area contributed by atoms with Gasteiger partial charge in [0.1, 0.15) is 23.4 Å². The van der Waals surface area contributed by atoms with Crippen LogP contribution in [-0.2, 0) is 16.0 Å². The maximum absolute atomic E-state index is 13.5. The fourth-order valence-corrected chi connectivity index (χ4v) is 6.12. The van der Waals surface area contributed by atoms with Crippen molar-refractivity contribution in [3.05, 3.63) is 93.0 Å². The number of anilines is 1. The molecule has 2 aliphatic heterocycles. The van der Waals surface area contributed by atoms with E-state index in [1.54, 1.807) is 30.3 Å². The number of benzene rings is 3. The van der Waals surface area contributed by atoms with Gasteiger partial charge in [-0.15, -0.1) is 0 Å². The fourth-order valence-electron chi connectivity index (χ4n) is 5.10. The second-order valence-electron chi connectivity index (χ2n) is 9.53. The maximum Gasteiger partial charge on any atom is 0.301 e. The number of rotatable bonds is 6. The molecule has 202 valence electrons. The number of hydrogen-bond donors (Lipinski definition) is 1. The molecule has 6 rings (SSSR count). The Bertz CT molecular complexity index is 1730. The predicted octanol–water partition coefficient (Wildman–Crippen LogP) is 5.55. The Morgan fingerprint density at radius 2 is 1.95 bits per heavy atom. The van der Waals surface area contributed by atoms with Gasteiger partial charge in [0, 0.05) is 24.1 Å². The summed E-state index contributed by atoms with van der Waals surface area (Å²) in [6.45, 7) is 4.30. The summed E-state index contributed by atoms with van der Waals surface area (Å²) in [7, 11) is 0. The van der Waals surface area contributed by atoms with Crippen molar-refractivity contribution < 1.29 is 29.1 Å². The Kier molecular flexibility index (Phi) is 6.22. The van der Waals surface area contributed by atoms with Gasteiger partial charge in [-0.1, -0.05) is 11.3 Å². The number of nitrogens with zero attached hydrogens (tertiary/aromatic N) is 3. The number of aliphatic hydroxyl groups is 1. The van der Waals surface area contributed by atoms with Crippen molar-refractivity contribution in [2.75, 3.05) is 11.5 Å². The van der Waals surface area contributed by atoms with Crippen LogP contribution in [0, 0.1) is 10.1 Å². The van der Waals surface area contributed by atoms with E-state index in [-0.39, 0.29) is 28.3 Å². The van der Waals surface area contributed by atoms with Gasteiger partial charge in [-0.05, 0) is 73.5 Å². The average molecular weight is 558 g/mol. The predicted molar refractivity (Wildman–Crippen MR) is 149 cm³/mol. The molecule has 1 fully saturated rings. The first-order valence-electron chi connectivity index (χ1n) is 12.6. The standard InChI is InChI=1S/C29H23N3O7S/c1-3-38-20-9-10-21-23(14-20)40-29(30-21)31-25(16-4-7-19(8-5-16)32(36)37)24(27(34)28(31)35)26(33)17-6-11-22-18(13-17)12-15(2)39-22/h4-11,13-15,25,33H,3,12H2,1-2H3/b26-24+/t15-,25-/m1/s1. The minimum absolute atomic E-state index is 0.0136. The van der Waals surface area contributed by atoms with Crippen molar-refractivity contribution in [1.82, 2.24) is 4.98 Å². The number of aliphatic hydroxyl groups excluding tert-OH is 1. The summed E-state index contributed by atoms with van der Waals surface area (Å²) >= 11 is 1.21. The highest BCUT2D eigenvalue weighted by Gasteiger charge is 2.48. The Morgan fingerprint density at radius 3 is 2.67 bits per heavy atom. The summed E-state index contributed by atoms with van der Waals surface area (Å²) in [6.07, 6.45) is 0.631. The minimum Gasteiger partial charge on any atom is -0.507 e.